The van der Waals surface area contributed by atoms with Crippen molar-refractivity contribution < 1.29 is 36.3 Å². The Labute approximate surface area is 130 Å². The van der Waals surface area contributed by atoms with E-state index in [0.717, 1.165) is 0 Å². The van der Waals surface area contributed by atoms with E-state index in [1.54, 1.807) is 0 Å². The molecule has 3 rings (SSSR count). The fraction of sp³-hybridized carbons (Fsp3) is 0.0667. The number of aromatic hydroxyl groups is 1. The summed E-state index contributed by atoms with van der Waals surface area (Å²) in [5.41, 5.74) is -2.32. The summed E-state index contributed by atoms with van der Waals surface area (Å²) < 4.78 is 71.0. The van der Waals surface area contributed by atoms with Crippen LogP contribution in [-0.2, 0) is 6.18 Å². The maximum atomic E-state index is 14.0. The Morgan fingerprint density at radius 1 is 1.12 bits per heavy atom. The van der Waals surface area contributed by atoms with Crippen molar-refractivity contribution in [3.05, 3.63) is 47.0 Å². The Balaban J connectivity index is 2.25. The molecule has 0 spiro atoms. The van der Waals surface area contributed by atoms with Crippen LogP contribution in [-0.4, -0.2) is 16.4 Å². The molecule has 3 aromatic rings. The van der Waals surface area contributed by atoms with E-state index in [4.69, 9.17) is 4.42 Å². The number of alkyl halides is 3. The zero-order valence-corrected chi connectivity index (χ0v) is 11.5. The molecule has 0 bridgehead atoms. The summed E-state index contributed by atoms with van der Waals surface area (Å²) in [7, 11) is 0. The van der Waals surface area contributed by atoms with E-state index >= 15 is 0 Å². The molecule has 0 aliphatic rings. The fourth-order valence-corrected chi connectivity index (χ4v) is 2.12. The average molecular weight is 343 g/mol. The first-order valence-corrected chi connectivity index (χ1v) is 6.36. The van der Waals surface area contributed by atoms with Gasteiger partial charge < -0.3 is 9.52 Å². The molecular weight excluding hydrogens is 337 g/mol. The van der Waals surface area contributed by atoms with E-state index in [1.807, 2.05) is 0 Å². The second kappa shape index (κ2) is 5.29. The van der Waals surface area contributed by atoms with E-state index < -0.39 is 40.6 Å². The Morgan fingerprint density at radius 2 is 1.83 bits per heavy atom. The van der Waals surface area contributed by atoms with Crippen LogP contribution < -0.4 is 0 Å². The summed E-state index contributed by atoms with van der Waals surface area (Å²) >= 11 is 0. The van der Waals surface area contributed by atoms with Gasteiger partial charge in [0.05, 0.1) is 11.1 Å². The minimum atomic E-state index is -5.15. The molecule has 1 N–H and O–H groups in total. The van der Waals surface area contributed by atoms with Crippen molar-refractivity contribution in [3.8, 4) is 17.2 Å². The molecule has 0 saturated carbocycles. The second-order valence-corrected chi connectivity index (χ2v) is 4.81. The van der Waals surface area contributed by atoms with Gasteiger partial charge >= 0.3 is 6.18 Å². The summed E-state index contributed by atoms with van der Waals surface area (Å²) in [6.07, 6.45) is -4.64. The van der Waals surface area contributed by atoms with Crippen molar-refractivity contribution in [3.63, 3.8) is 0 Å². The number of oxazole rings is 1. The lowest BCUT2D eigenvalue weighted by Crippen LogP contribution is -2.09. The van der Waals surface area contributed by atoms with Gasteiger partial charge in [-0.25, -0.2) is 13.8 Å². The van der Waals surface area contributed by atoms with Crippen LogP contribution in [0.5, 0.6) is 5.75 Å². The third-order valence-electron chi connectivity index (χ3n) is 3.26. The lowest BCUT2D eigenvalue weighted by molar-refractivity contribution is -0.140. The van der Waals surface area contributed by atoms with Gasteiger partial charge in [-0.15, -0.1) is 0 Å². The molecule has 0 aliphatic carbocycles. The molecule has 0 atom stereocenters. The molecule has 2 aromatic carbocycles. The summed E-state index contributed by atoms with van der Waals surface area (Å²) in [6, 6.07) is 4.13. The first-order chi connectivity index (χ1) is 11.2. The molecular formula is C15H6F5NO3. The minimum absolute atomic E-state index is 0.0763. The molecule has 1 aromatic heterocycles. The SMILES string of the molecule is O=Cc1ccc2oc(-c3cc(C(F)(F)F)c(F)c(O)c3F)nc2c1. The predicted octanol–water partition coefficient (Wildman–Crippen LogP) is 4.31. The monoisotopic (exact) mass is 343 g/mol. The van der Waals surface area contributed by atoms with Gasteiger partial charge in [-0.2, -0.15) is 13.2 Å². The Hall–Kier alpha value is -2.97. The molecule has 0 aliphatic heterocycles. The van der Waals surface area contributed by atoms with Crippen LogP contribution in [0.4, 0.5) is 22.0 Å². The highest BCUT2D eigenvalue weighted by Gasteiger charge is 2.38. The van der Waals surface area contributed by atoms with Crippen LogP contribution >= 0.6 is 0 Å². The summed E-state index contributed by atoms with van der Waals surface area (Å²) in [6.45, 7) is 0. The molecule has 24 heavy (non-hydrogen) atoms. The maximum Gasteiger partial charge on any atom is 0.419 e. The number of hydrogen-bond acceptors (Lipinski definition) is 4. The summed E-state index contributed by atoms with van der Waals surface area (Å²) in [5.74, 6) is -6.13. The topological polar surface area (TPSA) is 63.3 Å². The minimum Gasteiger partial charge on any atom is -0.503 e. The Kier molecular flexibility index (Phi) is 3.51. The van der Waals surface area contributed by atoms with E-state index in [1.165, 1.54) is 18.2 Å². The lowest BCUT2D eigenvalue weighted by atomic mass is 10.1. The highest BCUT2D eigenvalue weighted by Crippen LogP contribution is 2.40. The number of rotatable bonds is 2. The van der Waals surface area contributed by atoms with Crippen molar-refractivity contribution in [2.75, 3.05) is 0 Å². The number of benzene rings is 2. The summed E-state index contributed by atoms with van der Waals surface area (Å²) in [5, 5.41) is 9.28. The van der Waals surface area contributed by atoms with Gasteiger partial charge in [-0.05, 0) is 24.3 Å². The van der Waals surface area contributed by atoms with Gasteiger partial charge in [0.25, 0.3) is 0 Å². The van der Waals surface area contributed by atoms with Crippen LogP contribution in [0.1, 0.15) is 15.9 Å². The van der Waals surface area contributed by atoms with Gasteiger partial charge in [-0.1, -0.05) is 0 Å². The van der Waals surface area contributed by atoms with E-state index in [-0.39, 0.29) is 22.7 Å². The van der Waals surface area contributed by atoms with Crippen molar-refractivity contribution >= 4 is 17.4 Å². The highest BCUT2D eigenvalue weighted by atomic mass is 19.4. The molecule has 124 valence electrons. The molecule has 0 fully saturated rings. The first kappa shape index (κ1) is 15.9. The van der Waals surface area contributed by atoms with Gasteiger partial charge in [0.1, 0.15) is 11.8 Å². The standard InChI is InChI=1S/C15H6F5NO3/c16-11-7(4-8(15(18,19)20)12(17)13(11)23)14-21-9-3-6(5-22)1-2-10(9)24-14/h1-5,23H. The quantitative estimate of drug-likeness (QED) is 0.556. The predicted molar refractivity (Wildman–Crippen MR) is 71.4 cm³/mol. The van der Waals surface area contributed by atoms with Gasteiger partial charge in [-0.3, -0.25) is 4.79 Å². The normalized spacial score (nSPS) is 11.9. The maximum absolute atomic E-state index is 14.0. The molecule has 0 amide bonds. The van der Waals surface area contributed by atoms with Crippen LogP contribution in [0.15, 0.2) is 28.7 Å². The van der Waals surface area contributed by atoms with Gasteiger partial charge in [0.2, 0.25) is 5.89 Å². The molecule has 0 radical (unpaired) electrons. The number of carbonyl (C=O) groups excluding carboxylic acids is 1. The Morgan fingerprint density at radius 3 is 2.46 bits per heavy atom. The largest absolute Gasteiger partial charge is 0.503 e. The zero-order chi connectivity index (χ0) is 17.6. The average Bonchev–Trinajstić information content (AvgIpc) is 2.94. The van der Waals surface area contributed by atoms with E-state index in [2.05, 4.69) is 4.98 Å². The van der Waals surface area contributed by atoms with Gasteiger partial charge in [0, 0.05) is 5.56 Å². The molecule has 1 heterocycles. The Bertz CT molecular complexity index is 962. The molecule has 0 unspecified atom stereocenters. The molecule has 4 nitrogen and oxygen atoms in total. The van der Waals surface area contributed by atoms with Crippen LogP contribution in [0.25, 0.3) is 22.6 Å². The molecule has 0 saturated heterocycles. The first-order valence-electron chi connectivity index (χ1n) is 6.36. The van der Waals surface area contributed by atoms with Gasteiger partial charge in [0.15, 0.2) is 23.0 Å². The highest BCUT2D eigenvalue weighted by molar-refractivity contribution is 5.85. The van der Waals surface area contributed by atoms with Crippen molar-refractivity contribution in [1.29, 1.82) is 0 Å². The number of halogens is 5. The molecule has 9 heteroatoms. The third kappa shape index (κ3) is 2.47. The number of nitrogens with zero attached hydrogens (tertiary/aromatic N) is 1. The van der Waals surface area contributed by atoms with Crippen LogP contribution in [0.3, 0.4) is 0 Å². The number of carbonyl (C=O) groups is 1. The lowest BCUT2D eigenvalue weighted by Gasteiger charge is -2.11. The van der Waals surface area contributed by atoms with E-state index in [0.29, 0.717) is 6.29 Å². The second-order valence-electron chi connectivity index (χ2n) is 4.81. The number of phenolic OH excluding ortho intramolecular Hbond substituents is 1. The number of aldehydes is 1. The zero-order valence-electron chi connectivity index (χ0n) is 11.5. The number of hydrogen-bond donors (Lipinski definition) is 1. The number of fused-ring (bicyclic) bond motifs is 1. The van der Waals surface area contributed by atoms with Crippen molar-refractivity contribution in [2.24, 2.45) is 0 Å². The summed E-state index contributed by atoms with van der Waals surface area (Å²) in [4.78, 5) is 14.5. The number of aromatic nitrogens is 1. The fourth-order valence-electron chi connectivity index (χ4n) is 2.12. The smallest absolute Gasteiger partial charge is 0.419 e. The van der Waals surface area contributed by atoms with Crippen LogP contribution in [0, 0.1) is 11.6 Å². The van der Waals surface area contributed by atoms with E-state index in [9.17, 15) is 31.9 Å². The van der Waals surface area contributed by atoms with Crippen LogP contribution in [0.2, 0.25) is 0 Å². The number of phenols is 1. The van der Waals surface area contributed by atoms with Crippen molar-refractivity contribution in [1.82, 2.24) is 4.98 Å². The third-order valence-corrected chi connectivity index (χ3v) is 3.26. The van der Waals surface area contributed by atoms with Crippen molar-refractivity contribution in [2.45, 2.75) is 6.18 Å².